The van der Waals surface area contributed by atoms with Crippen LogP contribution in [0.1, 0.15) is 11.1 Å². The number of hydrogen-bond acceptors (Lipinski definition) is 4. The number of nitro benzene ring substituents is 1. The summed E-state index contributed by atoms with van der Waals surface area (Å²) in [5, 5.41) is 10.7. The summed E-state index contributed by atoms with van der Waals surface area (Å²) >= 11 is 5.06. The second kappa shape index (κ2) is 6.88. The first-order valence-corrected chi connectivity index (χ1v) is 7.72. The Morgan fingerprint density at radius 2 is 1.90 bits per heavy atom. The van der Waals surface area contributed by atoms with Crippen molar-refractivity contribution in [3.05, 3.63) is 68.2 Å². The number of nitrogens with zero attached hydrogens (tertiary/aromatic N) is 1. The zero-order valence-electron chi connectivity index (χ0n) is 10.6. The molecule has 2 rings (SSSR count). The van der Waals surface area contributed by atoms with Gasteiger partial charge in [0.25, 0.3) is 5.69 Å². The van der Waals surface area contributed by atoms with Gasteiger partial charge in [-0.25, -0.2) is 0 Å². The molecule has 0 unspecified atom stereocenters. The second-order valence-electron chi connectivity index (χ2n) is 4.17. The first-order chi connectivity index (χ1) is 9.60. The van der Waals surface area contributed by atoms with Gasteiger partial charge < -0.3 is 5.73 Å². The van der Waals surface area contributed by atoms with E-state index >= 15 is 0 Å². The topological polar surface area (TPSA) is 69.2 Å². The van der Waals surface area contributed by atoms with E-state index in [0.717, 1.165) is 26.2 Å². The van der Waals surface area contributed by atoms with Gasteiger partial charge in [0.2, 0.25) is 0 Å². The van der Waals surface area contributed by atoms with Crippen molar-refractivity contribution in [2.45, 2.75) is 17.2 Å². The molecule has 4 nitrogen and oxygen atoms in total. The smallest absolute Gasteiger partial charge is 0.270 e. The molecule has 0 saturated heterocycles. The van der Waals surface area contributed by atoms with E-state index in [1.807, 2.05) is 24.3 Å². The molecular formula is C14H13BrN2O2S. The lowest BCUT2D eigenvalue weighted by molar-refractivity contribution is -0.384. The Labute approximate surface area is 129 Å². The molecule has 0 aliphatic carbocycles. The molecule has 0 aliphatic heterocycles. The minimum Gasteiger partial charge on any atom is -0.326 e. The van der Waals surface area contributed by atoms with Crippen LogP contribution in [0.15, 0.2) is 51.8 Å². The first-order valence-electron chi connectivity index (χ1n) is 5.95. The van der Waals surface area contributed by atoms with E-state index in [4.69, 9.17) is 5.73 Å². The third kappa shape index (κ3) is 3.82. The molecule has 2 aromatic carbocycles. The van der Waals surface area contributed by atoms with E-state index in [0.29, 0.717) is 6.54 Å². The van der Waals surface area contributed by atoms with Gasteiger partial charge in [0, 0.05) is 33.8 Å². The van der Waals surface area contributed by atoms with Crippen molar-refractivity contribution in [2.75, 3.05) is 0 Å². The molecular weight excluding hydrogens is 340 g/mol. The Kier molecular flexibility index (Phi) is 5.17. The number of benzene rings is 2. The molecule has 0 radical (unpaired) electrons. The third-order valence-corrected chi connectivity index (χ3v) is 4.60. The molecule has 104 valence electrons. The van der Waals surface area contributed by atoms with Crippen molar-refractivity contribution in [3.63, 3.8) is 0 Å². The summed E-state index contributed by atoms with van der Waals surface area (Å²) in [6, 6.07) is 12.9. The van der Waals surface area contributed by atoms with Crippen LogP contribution >= 0.6 is 27.7 Å². The van der Waals surface area contributed by atoms with Gasteiger partial charge in [0.15, 0.2) is 0 Å². The van der Waals surface area contributed by atoms with Crippen LogP contribution < -0.4 is 5.73 Å². The Morgan fingerprint density at radius 3 is 2.45 bits per heavy atom. The summed E-state index contributed by atoms with van der Waals surface area (Å²) in [5.41, 5.74) is 7.78. The molecule has 0 heterocycles. The number of halogens is 1. The van der Waals surface area contributed by atoms with Crippen molar-refractivity contribution < 1.29 is 4.92 Å². The van der Waals surface area contributed by atoms with Crippen LogP contribution in [0.2, 0.25) is 0 Å². The average molecular weight is 353 g/mol. The highest BCUT2D eigenvalue weighted by Crippen LogP contribution is 2.29. The second-order valence-corrected chi connectivity index (χ2v) is 6.07. The van der Waals surface area contributed by atoms with E-state index in [1.54, 1.807) is 17.8 Å². The van der Waals surface area contributed by atoms with Crippen LogP contribution in [0.4, 0.5) is 5.69 Å². The van der Waals surface area contributed by atoms with E-state index in [2.05, 4.69) is 15.9 Å². The van der Waals surface area contributed by atoms with Crippen molar-refractivity contribution in [1.82, 2.24) is 0 Å². The maximum Gasteiger partial charge on any atom is 0.270 e. The quantitative estimate of drug-likeness (QED) is 0.499. The van der Waals surface area contributed by atoms with Crippen LogP contribution in [0.3, 0.4) is 0 Å². The van der Waals surface area contributed by atoms with Crippen molar-refractivity contribution in [2.24, 2.45) is 5.73 Å². The summed E-state index contributed by atoms with van der Waals surface area (Å²) in [5.74, 6) is 0.751. The highest BCUT2D eigenvalue weighted by atomic mass is 79.9. The number of nitro groups is 1. The molecule has 0 saturated carbocycles. The Bertz CT molecular complexity index is 617. The minimum atomic E-state index is -0.396. The molecule has 20 heavy (non-hydrogen) atoms. The molecule has 0 aromatic heterocycles. The Balaban J connectivity index is 2.04. The molecule has 0 bridgehead atoms. The SMILES string of the molecule is NCc1ccc(SCc2ccc([N+](=O)[O-])cc2Br)cc1. The van der Waals surface area contributed by atoms with Gasteiger partial charge in [-0.05, 0) is 23.3 Å². The lowest BCUT2D eigenvalue weighted by Crippen LogP contribution is -1.95. The maximum atomic E-state index is 10.7. The molecule has 0 amide bonds. The van der Waals surface area contributed by atoms with Crippen LogP contribution in [0.5, 0.6) is 0 Å². The van der Waals surface area contributed by atoms with Gasteiger partial charge in [-0.3, -0.25) is 10.1 Å². The number of hydrogen-bond donors (Lipinski definition) is 1. The highest BCUT2D eigenvalue weighted by molar-refractivity contribution is 9.10. The predicted molar refractivity (Wildman–Crippen MR) is 84.7 cm³/mol. The summed E-state index contributed by atoms with van der Waals surface area (Å²) in [7, 11) is 0. The maximum absolute atomic E-state index is 10.7. The summed E-state index contributed by atoms with van der Waals surface area (Å²) in [6.07, 6.45) is 0. The minimum absolute atomic E-state index is 0.0953. The summed E-state index contributed by atoms with van der Waals surface area (Å²) < 4.78 is 0.762. The molecule has 0 fully saturated rings. The molecule has 2 N–H and O–H groups in total. The van der Waals surface area contributed by atoms with E-state index in [-0.39, 0.29) is 5.69 Å². The lowest BCUT2D eigenvalue weighted by Gasteiger charge is -2.05. The van der Waals surface area contributed by atoms with Gasteiger partial charge >= 0.3 is 0 Å². The summed E-state index contributed by atoms with van der Waals surface area (Å²) in [6.45, 7) is 0.541. The van der Waals surface area contributed by atoms with E-state index in [9.17, 15) is 10.1 Å². The summed E-state index contributed by atoms with van der Waals surface area (Å²) in [4.78, 5) is 11.4. The Morgan fingerprint density at radius 1 is 1.20 bits per heavy atom. The zero-order chi connectivity index (χ0) is 14.5. The monoisotopic (exact) mass is 352 g/mol. The predicted octanol–water partition coefficient (Wildman–Crippen LogP) is 4.11. The van der Waals surface area contributed by atoms with Gasteiger partial charge in [-0.2, -0.15) is 0 Å². The first kappa shape index (κ1) is 15.0. The number of nitrogens with two attached hydrogens (primary N) is 1. The van der Waals surface area contributed by atoms with Crippen LogP contribution in [-0.4, -0.2) is 4.92 Å². The molecule has 0 aliphatic rings. The Hall–Kier alpha value is -1.37. The van der Waals surface area contributed by atoms with E-state index in [1.165, 1.54) is 12.1 Å². The molecule has 0 atom stereocenters. The average Bonchev–Trinajstić information content (AvgIpc) is 2.46. The van der Waals surface area contributed by atoms with Gasteiger partial charge in [0.05, 0.1) is 4.92 Å². The van der Waals surface area contributed by atoms with Crippen LogP contribution in [-0.2, 0) is 12.3 Å². The molecule has 6 heteroatoms. The fraction of sp³-hybridized carbons (Fsp3) is 0.143. The van der Waals surface area contributed by atoms with Crippen LogP contribution in [0.25, 0.3) is 0 Å². The standard InChI is InChI=1S/C14H13BrN2O2S/c15-14-7-12(17(18)19)4-3-11(14)9-20-13-5-1-10(8-16)2-6-13/h1-7H,8-9,16H2. The number of thioether (sulfide) groups is 1. The fourth-order valence-electron chi connectivity index (χ4n) is 1.65. The normalized spacial score (nSPS) is 10.5. The van der Waals surface area contributed by atoms with Crippen molar-refractivity contribution in [3.8, 4) is 0 Å². The largest absolute Gasteiger partial charge is 0.326 e. The molecule has 2 aromatic rings. The zero-order valence-corrected chi connectivity index (χ0v) is 13.0. The van der Waals surface area contributed by atoms with Gasteiger partial charge in [-0.1, -0.05) is 34.1 Å². The van der Waals surface area contributed by atoms with Crippen LogP contribution in [0, 0.1) is 10.1 Å². The van der Waals surface area contributed by atoms with E-state index < -0.39 is 4.92 Å². The van der Waals surface area contributed by atoms with Crippen molar-refractivity contribution in [1.29, 1.82) is 0 Å². The van der Waals surface area contributed by atoms with Gasteiger partial charge in [-0.15, -0.1) is 11.8 Å². The third-order valence-electron chi connectivity index (χ3n) is 2.80. The van der Waals surface area contributed by atoms with Gasteiger partial charge in [0.1, 0.15) is 0 Å². The lowest BCUT2D eigenvalue weighted by atomic mass is 10.2. The fourth-order valence-corrected chi connectivity index (χ4v) is 3.24. The molecule has 0 spiro atoms. The highest BCUT2D eigenvalue weighted by Gasteiger charge is 2.09. The van der Waals surface area contributed by atoms with Crippen molar-refractivity contribution >= 4 is 33.4 Å². The number of rotatable bonds is 5. The number of non-ortho nitro benzene ring substituents is 1.